The van der Waals surface area contributed by atoms with Gasteiger partial charge >= 0.3 is 5.69 Å². The summed E-state index contributed by atoms with van der Waals surface area (Å²) in [6, 6.07) is 0. The molecule has 0 spiro atoms. The quantitative estimate of drug-likeness (QED) is 0.443. The predicted molar refractivity (Wildman–Crippen MR) is 38.7 cm³/mol. The van der Waals surface area contributed by atoms with E-state index in [9.17, 15) is 4.79 Å². The van der Waals surface area contributed by atoms with Crippen molar-refractivity contribution in [3.05, 3.63) is 10.5 Å². The smallest absolute Gasteiger partial charge is 0.350 e. The van der Waals surface area contributed by atoms with Crippen LogP contribution in [0.25, 0.3) is 0 Å². The Bertz CT molecular complexity index is 247. The number of nitrogens with two attached hydrogens (primary N) is 2. The maximum Gasteiger partial charge on any atom is 0.350 e. The normalized spacial score (nSPS) is 8.40. The number of nitrogens with one attached hydrogen (secondary N) is 1. The number of halogens is 1. The molecule has 7 heteroatoms. The largest absolute Gasteiger partial charge is 0.369 e. The molecule has 10 heavy (non-hydrogen) atoms. The molecule has 0 radical (unpaired) electrons. The summed E-state index contributed by atoms with van der Waals surface area (Å²) < 4.78 is 0. The van der Waals surface area contributed by atoms with E-state index in [1.807, 2.05) is 0 Å². The van der Waals surface area contributed by atoms with E-state index in [0.29, 0.717) is 0 Å². The Balaban J connectivity index is 0.000000810. The molecule has 0 saturated heterocycles. The molecule has 6 nitrogen and oxygen atoms in total. The van der Waals surface area contributed by atoms with Gasteiger partial charge in [-0.2, -0.15) is 9.97 Å². The molecule has 1 aromatic rings. The Morgan fingerprint density at radius 2 is 1.90 bits per heavy atom. The van der Waals surface area contributed by atoms with Gasteiger partial charge in [-0.15, -0.1) is 12.4 Å². The fraction of sp³-hybridized carbons (Fsp3) is 0. The average Bonchev–Trinajstić information content (AvgIpc) is 1.59. The number of aromatic nitrogens is 3. The number of hydrogen-bond acceptors (Lipinski definition) is 5. The highest BCUT2D eigenvalue weighted by Gasteiger charge is 1.91. The summed E-state index contributed by atoms with van der Waals surface area (Å²) in [5.74, 6) is -0.135. The Morgan fingerprint density at radius 1 is 1.30 bits per heavy atom. The van der Waals surface area contributed by atoms with Gasteiger partial charge in [-0.25, -0.2) is 4.79 Å². The molecule has 0 saturated carbocycles. The zero-order valence-corrected chi connectivity index (χ0v) is 5.68. The summed E-state index contributed by atoms with van der Waals surface area (Å²) >= 11 is 0. The van der Waals surface area contributed by atoms with Crippen molar-refractivity contribution in [2.75, 3.05) is 11.5 Å². The maximum atomic E-state index is 10.3. The third-order valence-electron chi connectivity index (χ3n) is 0.686. The standard InChI is InChI=1S/C3H5N5O.ClH/c4-1-6-2(5)8-3(9)7-1;/h(H5,4,5,6,7,8,9);1H. The summed E-state index contributed by atoms with van der Waals surface area (Å²) in [4.78, 5) is 19.1. The molecule has 0 fully saturated rings. The summed E-state index contributed by atoms with van der Waals surface area (Å²) in [7, 11) is 0. The number of nitrogens with zero attached hydrogens (tertiary/aromatic N) is 2. The van der Waals surface area contributed by atoms with Crippen LogP contribution in [0.3, 0.4) is 0 Å². The van der Waals surface area contributed by atoms with E-state index in [-0.39, 0.29) is 24.3 Å². The third-order valence-corrected chi connectivity index (χ3v) is 0.686. The molecule has 5 N–H and O–H groups in total. The number of nitrogen functional groups attached to an aromatic ring is 2. The molecule has 1 aromatic heterocycles. The highest BCUT2D eigenvalue weighted by Crippen LogP contribution is 1.85. The molecule has 0 bridgehead atoms. The van der Waals surface area contributed by atoms with Crippen LogP contribution in [0.1, 0.15) is 0 Å². The summed E-state index contributed by atoms with van der Waals surface area (Å²) in [6.45, 7) is 0. The lowest BCUT2D eigenvalue weighted by Crippen LogP contribution is -2.16. The minimum Gasteiger partial charge on any atom is -0.369 e. The van der Waals surface area contributed by atoms with Gasteiger partial charge in [0.25, 0.3) is 0 Å². The summed E-state index contributed by atoms with van der Waals surface area (Å²) in [5, 5.41) is 0. The van der Waals surface area contributed by atoms with Gasteiger partial charge in [0.05, 0.1) is 0 Å². The van der Waals surface area contributed by atoms with E-state index in [2.05, 4.69) is 15.0 Å². The highest BCUT2D eigenvalue weighted by molar-refractivity contribution is 5.85. The van der Waals surface area contributed by atoms with E-state index >= 15 is 0 Å². The van der Waals surface area contributed by atoms with E-state index in [1.54, 1.807) is 0 Å². The second kappa shape index (κ2) is 3.02. The third kappa shape index (κ3) is 1.90. The molecule has 0 aromatic carbocycles. The highest BCUT2D eigenvalue weighted by atomic mass is 35.5. The lowest BCUT2D eigenvalue weighted by atomic mass is 10.9. The van der Waals surface area contributed by atoms with Crippen molar-refractivity contribution in [2.45, 2.75) is 0 Å². The second-order valence-electron chi connectivity index (χ2n) is 1.40. The molecule has 0 amide bonds. The fourth-order valence-corrected chi connectivity index (χ4v) is 0.418. The second-order valence-corrected chi connectivity index (χ2v) is 1.40. The Hall–Kier alpha value is -1.30. The van der Waals surface area contributed by atoms with Gasteiger partial charge in [-0.3, -0.25) is 4.98 Å². The fourth-order valence-electron chi connectivity index (χ4n) is 0.418. The summed E-state index contributed by atoms with van der Waals surface area (Å²) in [6.07, 6.45) is 0. The monoisotopic (exact) mass is 163 g/mol. The van der Waals surface area contributed by atoms with Gasteiger partial charge in [-0.1, -0.05) is 0 Å². The SMILES string of the molecule is Cl.Nc1nc(N)[nH]c(=O)n1. The molecule has 1 heterocycles. The number of H-pyrrole nitrogens is 1. The van der Waals surface area contributed by atoms with Crippen LogP contribution in [0.2, 0.25) is 0 Å². The lowest BCUT2D eigenvalue weighted by Gasteiger charge is -1.89. The van der Waals surface area contributed by atoms with Gasteiger partial charge in [0.1, 0.15) is 0 Å². The first-order valence-corrected chi connectivity index (χ1v) is 2.18. The van der Waals surface area contributed by atoms with Gasteiger partial charge in [0.15, 0.2) is 0 Å². The Labute approximate surface area is 62.1 Å². The van der Waals surface area contributed by atoms with Crippen LogP contribution in [0.4, 0.5) is 11.9 Å². The maximum absolute atomic E-state index is 10.3. The van der Waals surface area contributed by atoms with Crippen LogP contribution in [-0.4, -0.2) is 15.0 Å². The first-order chi connectivity index (χ1) is 4.18. The van der Waals surface area contributed by atoms with Crippen molar-refractivity contribution in [3.8, 4) is 0 Å². The Kier molecular flexibility index (Phi) is 2.63. The predicted octanol–water partition coefficient (Wildman–Crippen LogP) is -1.25. The van der Waals surface area contributed by atoms with Crippen molar-refractivity contribution >= 4 is 24.3 Å². The average molecular weight is 164 g/mol. The van der Waals surface area contributed by atoms with Crippen molar-refractivity contribution in [3.63, 3.8) is 0 Å². The zero-order chi connectivity index (χ0) is 6.85. The molecule has 0 aliphatic heterocycles. The van der Waals surface area contributed by atoms with E-state index in [0.717, 1.165) is 0 Å². The van der Waals surface area contributed by atoms with E-state index in [4.69, 9.17) is 11.5 Å². The molecule has 0 atom stereocenters. The Morgan fingerprint density at radius 3 is 2.30 bits per heavy atom. The van der Waals surface area contributed by atoms with Crippen LogP contribution in [0.15, 0.2) is 4.79 Å². The lowest BCUT2D eigenvalue weighted by molar-refractivity contribution is 1.01. The van der Waals surface area contributed by atoms with Crippen LogP contribution >= 0.6 is 12.4 Å². The summed E-state index contributed by atoms with van der Waals surface area (Å²) in [5.41, 5.74) is 9.53. The van der Waals surface area contributed by atoms with Gasteiger partial charge < -0.3 is 11.5 Å². The van der Waals surface area contributed by atoms with E-state index < -0.39 is 5.69 Å². The minimum absolute atomic E-state index is 0. The van der Waals surface area contributed by atoms with Crippen molar-refractivity contribution in [2.24, 2.45) is 0 Å². The van der Waals surface area contributed by atoms with E-state index in [1.165, 1.54) is 0 Å². The van der Waals surface area contributed by atoms with Crippen LogP contribution in [0.5, 0.6) is 0 Å². The van der Waals surface area contributed by atoms with Gasteiger partial charge in [0, 0.05) is 0 Å². The molecule has 0 aliphatic carbocycles. The topological polar surface area (TPSA) is 111 Å². The van der Waals surface area contributed by atoms with Crippen molar-refractivity contribution in [1.82, 2.24) is 15.0 Å². The van der Waals surface area contributed by atoms with Gasteiger partial charge in [-0.05, 0) is 0 Å². The number of aromatic amines is 1. The molecule has 56 valence electrons. The number of hydrogen-bond donors (Lipinski definition) is 3. The van der Waals surface area contributed by atoms with Crippen molar-refractivity contribution < 1.29 is 0 Å². The van der Waals surface area contributed by atoms with Crippen LogP contribution in [-0.2, 0) is 0 Å². The first-order valence-electron chi connectivity index (χ1n) is 2.18. The van der Waals surface area contributed by atoms with Crippen LogP contribution in [0, 0.1) is 0 Å². The molecule has 0 aliphatic rings. The first kappa shape index (κ1) is 8.70. The zero-order valence-electron chi connectivity index (χ0n) is 4.87. The van der Waals surface area contributed by atoms with Crippen molar-refractivity contribution in [1.29, 1.82) is 0 Å². The molecule has 0 unspecified atom stereocenters. The minimum atomic E-state index is -0.583. The van der Waals surface area contributed by atoms with Gasteiger partial charge in [0.2, 0.25) is 11.9 Å². The molecule has 1 rings (SSSR count). The molecular formula is C3H6ClN5O. The van der Waals surface area contributed by atoms with Crippen LogP contribution < -0.4 is 17.2 Å². The number of anilines is 2. The molecular weight excluding hydrogens is 158 g/mol. The number of rotatable bonds is 0.